The van der Waals surface area contributed by atoms with Crippen LogP contribution in [-0.4, -0.2) is 193 Å². The van der Waals surface area contributed by atoms with Crippen LogP contribution in [0.3, 0.4) is 0 Å². The van der Waals surface area contributed by atoms with Crippen LogP contribution in [0.1, 0.15) is 232 Å². The van der Waals surface area contributed by atoms with Crippen molar-refractivity contribution in [2.75, 3.05) is 26.4 Å². The summed E-state index contributed by atoms with van der Waals surface area (Å²) in [6, 6.07) is -0.887. The van der Waals surface area contributed by atoms with Crippen LogP contribution in [0.25, 0.3) is 0 Å². The number of hydrogen-bond acceptors (Lipinski definition) is 18. The van der Waals surface area contributed by atoms with Crippen LogP contribution in [0, 0.1) is 0 Å². The highest BCUT2D eigenvalue weighted by atomic mass is 16.8. The maximum atomic E-state index is 13.4. The average Bonchev–Trinajstić information content (AvgIpc) is 2.72. The lowest BCUT2D eigenvalue weighted by Crippen LogP contribution is -2.66. The van der Waals surface area contributed by atoms with Gasteiger partial charge in [-0.05, 0) is 51.4 Å². The summed E-state index contributed by atoms with van der Waals surface area (Å²) in [4.78, 5) is 13.4. The van der Waals surface area contributed by atoms with Crippen molar-refractivity contribution in [3.63, 3.8) is 0 Å². The van der Waals surface area contributed by atoms with E-state index in [4.69, 9.17) is 28.4 Å². The molecule has 0 saturated carbocycles. The van der Waals surface area contributed by atoms with Gasteiger partial charge in [0.25, 0.3) is 0 Å². The fourth-order valence-corrected chi connectivity index (χ4v) is 11.2. The molecule has 1 amide bonds. The number of hydrogen-bond donors (Lipinski definition) is 12. The minimum Gasteiger partial charge on any atom is -0.394 e. The van der Waals surface area contributed by atoms with Gasteiger partial charge in [-0.15, -0.1) is 0 Å². The van der Waals surface area contributed by atoms with Crippen molar-refractivity contribution in [2.45, 2.75) is 336 Å². The van der Waals surface area contributed by atoms with Gasteiger partial charge in [0.05, 0.1) is 38.6 Å². The minimum absolute atomic E-state index is 0.244. The van der Waals surface area contributed by atoms with Crippen LogP contribution in [0.15, 0.2) is 48.6 Å². The van der Waals surface area contributed by atoms with Crippen molar-refractivity contribution in [1.82, 2.24) is 5.32 Å². The molecule has 3 fully saturated rings. The van der Waals surface area contributed by atoms with Crippen LogP contribution in [0.5, 0.6) is 0 Å². The van der Waals surface area contributed by atoms with Crippen LogP contribution in [0.2, 0.25) is 0 Å². The molecule has 17 atom stereocenters. The smallest absolute Gasteiger partial charge is 0.220 e. The van der Waals surface area contributed by atoms with Crippen molar-refractivity contribution in [3.05, 3.63) is 48.6 Å². The summed E-state index contributed by atoms with van der Waals surface area (Å²) in [7, 11) is 0. The molecule has 19 nitrogen and oxygen atoms in total. The summed E-state index contributed by atoms with van der Waals surface area (Å²) >= 11 is 0. The molecule has 496 valence electrons. The molecule has 0 bridgehead atoms. The van der Waals surface area contributed by atoms with Gasteiger partial charge in [-0.2, -0.15) is 0 Å². The van der Waals surface area contributed by atoms with E-state index in [1.165, 1.54) is 128 Å². The van der Waals surface area contributed by atoms with E-state index >= 15 is 0 Å². The van der Waals surface area contributed by atoms with Crippen molar-refractivity contribution in [3.8, 4) is 0 Å². The highest BCUT2D eigenvalue weighted by Crippen LogP contribution is 2.33. The molecule has 19 heteroatoms. The van der Waals surface area contributed by atoms with E-state index in [0.717, 1.165) is 70.6 Å². The van der Waals surface area contributed by atoms with E-state index in [1.54, 1.807) is 0 Å². The van der Waals surface area contributed by atoms with Crippen LogP contribution in [0.4, 0.5) is 0 Å². The summed E-state index contributed by atoms with van der Waals surface area (Å²) in [5.41, 5.74) is 0. The summed E-state index contributed by atoms with van der Waals surface area (Å²) in [5, 5.41) is 120. The number of unbranched alkanes of at least 4 members (excludes halogenated alkanes) is 26. The van der Waals surface area contributed by atoms with Gasteiger partial charge in [-0.25, -0.2) is 0 Å². The Labute approximate surface area is 510 Å². The van der Waals surface area contributed by atoms with Crippen LogP contribution >= 0.6 is 0 Å². The van der Waals surface area contributed by atoms with Gasteiger partial charge in [0.2, 0.25) is 5.91 Å². The first-order valence-corrected chi connectivity index (χ1v) is 33.4. The average molecular weight is 1210 g/mol. The Hall–Kier alpha value is -2.25. The molecule has 0 radical (unpaired) electrons. The Morgan fingerprint density at radius 2 is 0.812 bits per heavy atom. The monoisotopic (exact) mass is 1210 g/mol. The molecule has 3 saturated heterocycles. The maximum Gasteiger partial charge on any atom is 0.220 e. The number of ether oxygens (including phenoxy) is 6. The van der Waals surface area contributed by atoms with E-state index < -0.39 is 124 Å². The molecule has 85 heavy (non-hydrogen) atoms. The van der Waals surface area contributed by atoms with E-state index in [-0.39, 0.29) is 18.9 Å². The topological polar surface area (TPSA) is 307 Å². The SMILES string of the molecule is CC/C=C\C/C=C\C/C=C\C/C=C\CCCCCCCCCCCCCCCCC(=O)NC(COC1OC(CO)C(OC2OC(CO)C(OC3OC(CO)C(O)C(O)C3O)C(O)C2O)C(O)C1O)C(O)CCCCCCCCCCCCCCC. The number of allylic oxidation sites excluding steroid dienone is 8. The van der Waals surface area contributed by atoms with Gasteiger partial charge < -0.3 is 89.9 Å². The second kappa shape index (κ2) is 48.6. The Morgan fingerprint density at radius 1 is 0.435 bits per heavy atom. The zero-order chi connectivity index (χ0) is 61.9. The fraction of sp³-hybridized carbons (Fsp3) is 0.864. The first kappa shape index (κ1) is 77.0. The standard InChI is InChI=1S/C66H119NO18/c1-3-5-7-9-11-13-15-17-18-19-20-21-22-23-24-25-26-27-28-29-30-32-34-36-38-40-42-44-54(72)67-49(50(71)43-41-39-37-35-33-31-16-14-12-10-8-6-4-2)48-80-64-60(78)57(75)62(52(46-69)82-64)85-66-61(79)58(76)63(53(47-70)83-66)84-65-59(77)56(74)55(73)51(45-68)81-65/h5,7,11,13,17-18,20-21,49-53,55-66,68-71,73-79H,3-4,6,8-10,12,14-16,19,22-48H2,1-2H3,(H,67,72)/b7-5-,13-11-,18-17-,21-20-. The molecule has 3 aliphatic rings. The summed E-state index contributed by atoms with van der Waals surface area (Å²) in [6.07, 6.45) is 29.1. The number of aliphatic hydroxyl groups excluding tert-OH is 11. The molecule has 3 aliphatic heterocycles. The number of rotatable bonds is 50. The maximum absolute atomic E-state index is 13.4. The van der Waals surface area contributed by atoms with Gasteiger partial charge in [-0.3, -0.25) is 4.79 Å². The number of nitrogens with one attached hydrogen (secondary N) is 1. The van der Waals surface area contributed by atoms with E-state index in [9.17, 15) is 61.0 Å². The van der Waals surface area contributed by atoms with Gasteiger partial charge in [-0.1, -0.05) is 223 Å². The summed E-state index contributed by atoms with van der Waals surface area (Å²) in [5.74, 6) is -0.244. The minimum atomic E-state index is -1.97. The second-order valence-electron chi connectivity index (χ2n) is 23.9. The number of carbonyl (C=O) groups is 1. The first-order chi connectivity index (χ1) is 41.3. The third-order valence-electron chi connectivity index (χ3n) is 16.7. The normalized spacial score (nSPS) is 29.3. The highest BCUT2D eigenvalue weighted by molar-refractivity contribution is 5.76. The highest BCUT2D eigenvalue weighted by Gasteiger charge is 2.53. The number of amides is 1. The zero-order valence-corrected chi connectivity index (χ0v) is 52.1. The Kier molecular flexibility index (Phi) is 44.0. The molecular formula is C66H119NO18. The lowest BCUT2D eigenvalue weighted by molar-refractivity contribution is -0.379. The van der Waals surface area contributed by atoms with E-state index in [0.29, 0.717) is 12.8 Å². The molecule has 0 aromatic carbocycles. The van der Waals surface area contributed by atoms with E-state index in [2.05, 4.69) is 67.8 Å². The summed E-state index contributed by atoms with van der Waals surface area (Å²) in [6.45, 7) is 1.68. The van der Waals surface area contributed by atoms with E-state index in [1.807, 2.05) is 0 Å². The fourth-order valence-electron chi connectivity index (χ4n) is 11.2. The predicted molar refractivity (Wildman–Crippen MR) is 328 cm³/mol. The molecule has 12 N–H and O–H groups in total. The lowest BCUT2D eigenvalue weighted by atomic mass is 9.96. The molecule has 0 aliphatic carbocycles. The van der Waals surface area contributed by atoms with Crippen LogP contribution < -0.4 is 5.32 Å². The predicted octanol–water partition coefficient (Wildman–Crippen LogP) is 7.83. The summed E-state index contributed by atoms with van der Waals surface area (Å²) < 4.78 is 34.4. The molecule has 3 heterocycles. The van der Waals surface area contributed by atoms with Gasteiger partial charge >= 0.3 is 0 Å². The Balaban J connectivity index is 1.40. The second-order valence-corrected chi connectivity index (χ2v) is 23.9. The molecule has 0 aromatic rings. The Bertz CT molecular complexity index is 1740. The zero-order valence-electron chi connectivity index (χ0n) is 52.1. The van der Waals surface area contributed by atoms with Gasteiger partial charge in [0.15, 0.2) is 18.9 Å². The number of aliphatic hydroxyl groups is 11. The molecule has 17 unspecified atom stereocenters. The molecule has 3 rings (SSSR count). The van der Waals surface area contributed by atoms with Gasteiger partial charge in [0.1, 0.15) is 73.2 Å². The quantitative estimate of drug-likeness (QED) is 0.0204. The van der Waals surface area contributed by atoms with Crippen molar-refractivity contribution in [1.29, 1.82) is 0 Å². The molecule has 0 aromatic heterocycles. The van der Waals surface area contributed by atoms with Crippen molar-refractivity contribution < 1.29 is 89.4 Å². The first-order valence-electron chi connectivity index (χ1n) is 33.4. The van der Waals surface area contributed by atoms with Crippen molar-refractivity contribution >= 4 is 5.91 Å². The van der Waals surface area contributed by atoms with Crippen molar-refractivity contribution in [2.24, 2.45) is 0 Å². The lowest BCUT2D eigenvalue weighted by Gasteiger charge is -2.48. The largest absolute Gasteiger partial charge is 0.394 e. The molecular weight excluding hydrogens is 1090 g/mol. The van der Waals surface area contributed by atoms with Gasteiger partial charge in [0, 0.05) is 6.42 Å². The molecule has 0 spiro atoms. The van der Waals surface area contributed by atoms with Crippen LogP contribution in [-0.2, 0) is 33.2 Å². The number of carbonyl (C=O) groups excluding carboxylic acids is 1. The Morgan fingerprint density at radius 3 is 1.27 bits per heavy atom. The third-order valence-corrected chi connectivity index (χ3v) is 16.7. The third kappa shape index (κ3) is 31.4.